The van der Waals surface area contributed by atoms with Crippen LogP contribution < -0.4 is 10.2 Å². The van der Waals surface area contributed by atoms with Crippen LogP contribution in [0.15, 0.2) is 0 Å². The first-order valence-corrected chi connectivity index (χ1v) is 8.43. The average Bonchev–Trinajstić information content (AvgIpc) is 2.08. The van der Waals surface area contributed by atoms with Gasteiger partial charge in [-0.2, -0.15) is 0 Å². The first-order valence-electron chi connectivity index (χ1n) is 8.43. The monoisotopic (exact) mass is 544 g/mol. The van der Waals surface area contributed by atoms with Gasteiger partial charge in [-0.3, -0.25) is 0 Å². The van der Waals surface area contributed by atoms with Gasteiger partial charge in [0.25, 0.3) is 0 Å². The molecule has 8 heteroatoms. The van der Waals surface area contributed by atoms with Gasteiger partial charge in [0.05, 0.1) is 0 Å². The Morgan fingerprint density at radius 2 is 0.423 bits per heavy atom. The summed E-state index contributed by atoms with van der Waals surface area (Å²) < 4.78 is 0. The molecule has 0 saturated heterocycles. The minimum absolute atomic E-state index is 0. The van der Waals surface area contributed by atoms with Gasteiger partial charge in [-0.25, -0.2) is 0 Å². The Hall–Kier alpha value is 2.05. The van der Waals surface area contributed by atoms with Crippen LogP contribution in [0.25, 0.3) is 0 Å². The molecule has 0 fully saturated rings. The molecule has 0 aromatic rings. The van der Waals surface area contributed by atoms with E-state index in [2.05, 4.69) is 0 Å². The van der Waals surface area contributed by atoms with Crippen LogP contribution in [0, 0.1) is 0 Å². The quantitative estimate of drug-likeness (QED) is 0.333. The molecule has 0 amide bonds. The molecule has 160 valence electrons. The fraction of sp³-hybridized carbons (Fsp3) is 1.00. The third kappa shape index (κ3) is 3900. The van der Waals surface area contributed by atoms with Crippen LogP contribution in [0.5, 0.6) is 0 Å². The number of hydrogen-bond acceptors (Lipinski definition) is 6. The third-order valence-electron chi connectivity index (χ3n) is 0. The normalized spacial score (nSPS) is 8.31. The summed E-state index contributed by atoms with van der Waals surface area (Å²) in [6.45, 7) is 20.2. The van der Waals surface area contributed by atoms with E-state index >= 15 is 0 Å². The molecular weight excluding hydrogens is 497 g/mol. The van der Waals surface area contributed by atoms with Gasteiger partial charge in [0, 0.05) is 46.1 Å². The molecule has 0 radical (unpaired) electrons. The molecule has 0 rings (SSSR count). The summed E-state index contributed by atoms with van der Waals surface area (Å²) in [4.78, 5) is 0. The molecule has 0 aromatic heterocycles. The molecule has 0 heterocycles. The molecule has 0 aliphatic carbocycles. The standard InChI is InChI=1S/4C3H8O.2C3H7O.Ba.Ti/c6*1-3(2)4;;/h4*3-4H,1-2H3;2*3H,1-2H3;;/q;;;;2*-1;+2;. The van der Waals surface area contributed by atoms with Crippen molar-refractivity contribution in [2.24, 2.45) is 0 Å². The molecule has 26 heavy (non-hydrogen) atoms. The maximum Gasteiger partial charge on any atom is 2.00 e. The predicted octanol–water partition coefficient (Wildman–Crippen LogP) is 0.675. The van der Waals surface area contributed by atoms with Crippen molar-refractivity contribution in [1.29, 1.82) is 0 Å². The van der Waals surface area contributed by atoms with E-state index in [-0.39, 0.29) is 95.0 Å². The molecule has 0 aromatic carbocycles. The molecule has 0 aliphatic heterocycles. The van der Waals surface area contributed by atoms with Crippen molar-refractivity contribution >= 4 is 48.9 Å². The zero-order chi connectivity index (χ0) is 21.5. The molecule has 0 saturated carbocycles. The van der Waals surface area contributed by atoms with Crippen molar-refractivity contribution < 1.29 is 52.4 Å². The van der Waals surface area contributed by atoms with Gasteiger partial charge in [0.1, 0.15) is 0 Å². The van der Waals surface area contributed by atoms with Gasteiger partial charge in [-0.1, -0.05) is 27.7 Å². The molecule has 0 aliphatic rings. The Kier molecular flexibility index (Phi) is 89.7. The van der Waals surface area contributed by atoms with Gasteiger partial charge >= 0.3 is 48.9 Å². The van der Waals surface area contributed by atoms with Crippen LogP contribution in [0.1, 0.15) is 83.1 Å². The van der Waals surface area contributed by atoms with Crippen LogP contribution in [0.2, 0.25) is 0 Å². The molecular formula is C18H46BaO6Ti. The third-order valence-corrected chi connectivity index (χ3v) is 0. The second-order valence-electron chi connectivity index (χ2n) is 6.47. The summed E-state index contributed by atoms with van der Waals surface area (Å²) in [5, 5.41) is 51.3. The van der Waals surface area contributed by atoms with Crippen LogP contribution in [-0.4, -0.2) is 106 Å². The zero-order valence-corrected chi connectivity index (χ0v) is 25.3. The molecule has 4 N–H and O–H groups in total. The van der Waals surface area contributed by atoms with Gasteiger partial charge in [0.15, 0.2) is 0 Å². The van der Waals surface area contributed by atoms with Crippen molar-refractivity contribution in [2.75, 3.05) is 0 Å². The van der Waals surface area contributed by atoms with E-state index in [4.69, 9.17) is 20.4 Å². The number of aliphatic hydroxyl groups is 4. The Labute approximate surface area is 218 Å². The summed E-state index contributed by atoms with van der Waals surface area (Å²) in [5.41, 5.74) is 0. The van der Waals surface area contributed by atoms with Gasteiger partial charge < -0.3 is 30.6 Å². The second-order valence-corrected chi connectivity index (χ2v) is 6.47. The maximum absolute atomic E-state index is 9.53. The van der Waals surface area contributed by atoms with E-state index in [9.17, 15) is 10.2 Å². The van der Waals surface area contributed by atoms with E-state index in [1.54, 1.807) is 83.1 Å². The molecule has 6 nitrogen and oxygen atoms in total. The van der Waals surface area contributed by atoms with E-state index in [1.807, 2.05) is 0 Å². The van der Waals surface area contributed by atoms with Crippen molar-refractivity contribution in [2.45, 2.75) is 120 Å². The summed E-state index contributed by atoms with van der Waals surface area (Å²) >= 11 is 0. The number of hydrogen-bond donors (Lipinski definition) is 4. The first kappa shape index (κ1) is 51.1. The Balaban J connectivity index is -0.0000000245. The maximum atomic E-state index is 9.53. The van der Waals surface area contributed by atoms with E-state index < -0.39 is 12.2 Å². The minimum atomic E-state index is -0.417. The van der Waals surface area contributed by atoms with E-state index in [1.165, 1.54) is 0 Å². The van der Waals surface area contributed by atoms with Crippen LogP contribution in [0.3, 0.4) is 0 Å². The molecule has 0 atom stereocenters. The summed E-state index contributed by atoms with van der Waals surface area (Å²) in [7, 11) is 0. The molecule has 0 bridgehead atoms. The van der Waals surface area contributed by atoms with Crippen molar-refractivity contribution in [3.63, 3.8) is 0 Å². The average molecular weight is 544 g/mol. The van der Waals surface area contributed by atoms with Crippen LogP contribution in [0.4, 0.5) is 0 Å². The number of aliphatic hydroxyl groups excluding tert-OH is 4. The van der Waals surface area contributed by atoms with Crippen molar-refractivity contribution in [1.82, 2.24) is 0 Å². The van der Waals surface area contributed by atoms with Crippen molar-refractivity contribution in [3.8, 4) is 0 Å². The molecule has 0 spiro atoms. The zero-order valence-electron chi connectivity index (χ0n) is 19.3. The number of rotatable bonds is 0. The summed E-state index contributed by atoms with van der Waals surface area (Å²) in [6, 6.07) is 0. The van der Waals surface area contributed by atoms with E-state index in [0.717, 1.165) is 0 Å². The van der Waals surface area contributed by atoms with Gasteiger partial charge in [-0.15, -0.1) is 12.2 Å². The second kappa shape index (κ2) is 45.7. The fourth-order valence-corrected chi connectivity index (χ4v) is 0. The van der Waals surface area contributed by atoms with E-state index in [0.29, 0.717) is 0 Å². The Morgan fingerprint density at radius 3 is 0.423 bits per heavy atom. The van der Waals surface area contributed by atoms with Gasteiger partial charge in [0.2, 0.25) is 0 Å². The predicted molar refractivity (Wildman–Crippen MR) is 105 cm³/mol. The SMILES string of the molecule is CC(C)O.CC(C)O.CC(C)O.CC(C)O.CC(C)[O-].CC(C)[O-].[Ba+2].[Ti]. The first-order chi connectivity index (χ1) is 10.4. The van der Waals surface area contributed by atoms with Crippen molar-refractivity contribution in [3.05, 3.63) is 0 Å². The largest absolute Gasteiger partial charge is 2.00 e. The smallest absolute Gasteiger partial charge is 0.852 e. The minimum Gasteiger partial charge on any atom is -0.852 e. The van der Waals surface area contributed by atoms with Gasteiger partial charge in [-0.05, 0) is 55.4 Å². The summed E-state index contributed by atoms with van der Waals surface area (Å²) in [5.74, 6) is 0. The Morgan fingerprint density at radius 1 is 0.423 bits per heavy atom. The Bertz CT molecular complexity index is 107. The topological polar surface area (TPSA) is 127 Å². The summed E-state index contributed by atoms with van der Waals surface area (Å²) in [6.07, 6.45) is -1.50. The fourth-order valence-electron chi connectivity index (χ4n) is 0. The van der Waals surface area contributed by atoms with Crippen LogP contribution in [-0.2, 0) is 21.7 Å². The molecule has 0 unspecified atom stereocenters. The van der Waals surface area contributed by atoms with Crippen LogP contribution >= 0.6 is 0 Å².